The van der Waals surface area contributed by atoms with Gasteiger partial charge in [0.25, 0.3) is 5.91 Å². The smallest absolute Gasteiger partial charge is 0.275 e. The molecule has 7 nitrogen and oxygen atoms in total. The van der Waals surface area contributed by atoms with Crippen LogP contribution in [0.15, 0.2) is 4.52 Å². The molecule has 0 unspecified atom stereocenters. The number of aryl methyl sites for hydroxylation is 2. The van der Waals surface area contributed by atoms with Crippen molar-refractivity contribution in [2.24, 2.45) is 0 Å². The second-order valence-corrected chi connectivity index (χ2v) is 9.07. The molecule has 1 saturated carbocycles. The molecule has 1 atom stereocenters. The number of likely N-dealkylation sites (tertiary alicyclic amines) is 2. The lowest BCUT2D eigenvalue weighted by Gasteiger charge is -2.57. The number of carbonyl (C=O) groups is 1. The van der Waals surface area contributed by atoms with E-state index in [1.54, 1.807) is 0 Å². The van der Waals surface area contributed by atoms with Crippen LogP contribution in [-0.4, -0.2) is 55.6 Å². The molecule has 0 N–H and O–H groups in total. The molecule has 1 spiro atoms. The highest BCUT2D eigenvalue weighted by Gasteiger charge is 2.48. The summed E-state index contributed by atoms with van der Waals surface area (Å²) < 4.78 is 9.41. The van der Waals surface area contributed by atoms with Crippen LogP contribution < -0.4 is 0 Å². The van der Waals surface area contributed by atoms with E-state index in [0.29, 0.717) is 11.6 Å². The Kier molecular flexibility index (Phi) is 4.09. The molecule has 1 amide bonds. The SMILES string of the molecule is Cc1noc(C)c1CN1CC[C@@]12CCCN(C(=O)c1nnsc1C1CC1)C2. The average Bonchev–Trinajstić information content (AvgIpc) is 3.32. The summed E-state index contributed by atoms with van der Waals surface area (Å²) in [6, 6.07) is 0. The molecule has 0 aromatic carbocycles. The predicted molar refractivity (Wildman–Crippen MR) is 101 cm³/mol. The summed E-state index contributed by atoms with van der Waals surface area (Å²) in [7, 11) is 0. The maximum absolute atomic E-state index is 13.2. The first-order valence-electron chi connectivity index (χ1n) is 9.86. The molecule has 2 saturated heterocycles. The zero-order chi connectivity index (χ0) is 18.6. The summed E-state index contributed by atoms with van der Waals surface area (Å²) in [6.45, 7) is 7.52. The molecule has 0 bridgehead atoms. The fraction of sp³-hybridized carbons (Fsp3) is 0.684. The van der Waals surface area contributed by atoms with Crippen LogP contribution in [0.2, 0.25) is 0 Å². The minimum absolute atomic E-state index is 0.0777. The van der Waals surface area contributed by atoms with Crippen molar-refractivity contribution in [1.82, 2.24) is 24.5 Å². The Morgan fingerprint density at radius 3 is 2.81 bits per heavy atom. The molecule has 8 heteroatoms. The third kappa shape index (κ3) is 2.89. The van der Waals surface area contributed by atoms with Gasteiger partial charge in [-0.2, -0.15) is 0 Å². The van der Waals surface area contributed by atoms with Crippen molar-refractivity contribution >= 4 is 17.4 Å². The molecule has 2 aliphatic heterocycles. The van der Waals surface area contributed by atoms with Crippen molar-refractivity contribution in [2.45, 2.75) is 64.0 Å². The van der Waals surface area contributed by atoms with Gasteiger partial charge in [-0.05, 0) is 63.4 Å². The van der Waals surface area contributed by atoms with Gasteiger partial charge in [0.15, 0.2) is 5.69 Å². The molecular formula is C19H25N5O2S. The van der Waals surface area contributed by atoms with Crippen LogP contribution in [0.5, 0.6) is 0 Å². The van der Waals surface area contributed by atoms with Gasteiger partial charge in [0.2, 0.25) is 0 Å². The standard InChI is InChI=1S/C19H25N5O2S/c1-12-15(13(2)26-21-12)10-24-9-7-19(24)6-3-8-23(11-19)18(25)16-17(14-4-5-14)27-22-20-16/h14H,3-11H2,1-2H3/t19-/m1/s1. The maximum Gasteiger partial charge on any atom is 0.275 e. The van der Waals surface area contributed by atoms with Gasteiger partial charge in [-0.3, -0.25) is 9.69 Å². The lowest BCUT2D eigenvalue weighted by atomic mass is 9.77. The van der Waals surface area contributed by atoms with Gasteiger partial charge < -0.3 is 9.42 Å². The lowest BCUT2D eigenvalue weighted by molar-refractivity contribution is -0.0652. The highest BCUT2D eigenvalue weighted by molar-refractivity contribution is 7.06. The summed E-state index contributed by atoms with van der Waals surface area (Å²) in [5.74, 6) is 1.50. The van der Waals surface area contributed by atoms with E-state index >= 15 is 0 Å². The van der Waals surface area contributed by atoms with Gasteiger partial charge in [-0.15, -0.1) is 5.10 Å². The minimum atomic E-state index is 0.0777. The van der Waals surface area contributed by atoms with Crippen LogP contribution >= 0.6 is 11.5 Å². The number of hydrogen-bond acceptors (Lipinski definition) is 7. The first-order valence-corrected chi connectivity index (χ1v) is 10.6. The number of hydrogen-bond donors (Lipinski definition) is 0. The van der Waals surface area contributed by atoms with Crippen molar-refractivity contribution in [3.05, 3.63) is 27.6 Å². The van der Waals surface area contributed by atoms with E-state index in [0.717, 1.165) is 61.8 Å². The summed E-state index contributed by atoms with van der Waals surface area (Å²) in [4.78, 5) is 18.8. The molecular weight excluding hydrogens is 362 g/mol. The Morgan fingerprint density at radius 2 is 2.15 bits per heavy atom. The van der Waals surface area contributed by atoms with E-state index in [2.05, 4.69) is 19.6 Å². The largest absolute Gasteiger partial charge is 0.361 e. The monoisotopic (exact) mass is 387 g/mol. The highest BCUT2D eigenvalue weighted by Crippen LogP contribution is 2.44. The summed E-state index contributed by atoms with van der Waals surface area (Å²) >= 11 is 1.40. The first-order chi connectivity index (χ1) is 13.1. The molecule has 2 aromatic heterocycles. The van der Waals surface area contributed by atoms with Crippen molar-refractivity contribution < 1.29 is 9.32 Å². The van der Waals surface area contributed by atoms with E-state index in [1.807, 2.05) is 18.7 Å². The third-order valence-corrected chi connectivity index (χ3v) is 7.44. The van der Waals surface area contributed by atoms with Crippen LogP contribution in [0, 0.1) is 13.8 Å². The Balaban J connectivity index is 1.33. The Bertz CT molecular complexity index is 854. The fourth-order valence-corrected chi connectivity index (χ4v) is 5.42. The zero-order valence-electron chi connectivity index (χ0n) is 15.9. The topological polar surface area (TPSA) is 75.4 Å². The minimum Gasteiger partial charge on any atom is -0.361 e. The Morgan fingerprint density at radius 1 is 1.30 bits per heavy atom. The Hall–Kier alpha value is -1.80. The lowest BCUT2D eigenvalue weighted by Crippen LogP contribution is -2.67. The van der Waals surface area contributed by atoms with Crippen LogP contribution in [0.4, 0.5) is 0 Å². The van der Waals surface area contributed by atoms with Crippen LogP contribution in [0.1, 0.15) is 70.4 Å². The number of rotatable bonds is 4. The second kappa shape index (κ2) is 6.38. The first kappa shape index (κ1) is 17.3. The van der Waals surface area contributed by atoms with Gasteiger partial charge >= 0.3 is 0 Å². The van der Waals surface area contributed by atoms with Crippen molar-refractivity contribution in [1.29, 1.82) is 0 Å². The molecule has 3 aliphatic rings. The van der Waals surface area contributed by atoms with Crippen LogP contribution in [-0.2, 0) is 6.54 Å². The molecule has 0 radical (unpaired) electrons. The van der Waals surface area contributed by atoms with Crippen LogP contribution in [0.3, 0.4) is 0 Å². The van der Waals surface area contributed by atoms with Crippen molar-refractivity contribution in [3.8, 4) is 0 Å². The van der Waals surface area contributed by atoms with E-state index in [4.69, 9.17) is 4.52 Å². The number of carbonyl (C=O) groups excluding carboxylic acids is 1. The quantitative estimate of drug-likeness (QED) is 0.803. The number of piperidine rings is 1. The number of nitrogens with zero attached hydrogens (tertiary/aromatic N) is 5. The molecule has 144 valence electrons. The van der Waals surface area contributed by atoms with Crippen molar-refractivity contribution in [2.75, 3.05) is 19.6 Å². The Labute approximate surface area is 162 Å². The molecule has 3 fully saturated rings. The molecule has 4 heterocycles. The highest BCUT2D eigenvalue weighted by atomic mass is 32.1. The fourth-order valence-electron chi connectivity index (χ4n) is 4.61. The summed E-state index contributed by atoms with van der Waals surface area (Å²) in [6.07, 6.45) is 5.66. The molecule has 2 aromatic rings. The van der Waals surface area contributed by atoms with Gasteiger partial charge in [0, 0.05) is 37.3 Å². The van der Waals surface area contributed by atoms with Gasteiger partial charge in [-0.25, -0.2) is 0 Å². The number of aromatic nitrogens is 3. The average molecular weight is 388 g/mol. The van der Waals surface area contributed by atoms with Gasteiger partial charge in [0.1, 0.15) is 5.76 Å². The number of amides is 1. The molecule has 1 aliphatic carbocycles. The van der Waals surface area contributed by atoms with Gasteiger partial charge in [-0.1, -0.05) is 9.64 Å². The van der Waals surface area contributed by atoms with Gasteiger partial charge in [0.05, 0.1) is 10.6 Å². The second-order valence-electron chi connectivity index (χ2n) is 8.29. The zero-order valence-corrected chi connectivity index (χ0v) is 16.7. The summed E-state index contributed by atoms with van der Waals surface area (Å²) in [5.41, 5.74) is 2.86. The maximum atomic E-state index is 13.2. The van der Waals surface area contributed by atoms with E-state index in [-0.39, 0.29) is 11.4 Å². The van der Waals surface area contributed by atoms with E-state index in [9.17, 15) is 4.79 Å². The van der Waals surface area contributed by atoms with E-state index < -0.39 is 0 Å². The van der Waals surface area contributed by atoms with Crippen molar-refractivity contribution in [3.63, 3.8) is 0 Å². The third-order valence-electron chi connectivity index (χ3n) is 6.55. The predicted octanol–water partition coefficient (Wildman–Crippen LogP) is 2.90. The van der Waals surface area contributed by atoms with E-state index in [1.165, 1.54) is 29.9 Å². The normalized spacial score (nSPS) is 25.8. The molecule has 27 heavy (non-hydrogen) atoms. The summed E-state index contributed by atoms with van der Waals surface area (Å²) in [5, 5.41) is 8.28. The van der Waals surface area contributed by atoms with Crippen LogP contribution in [0.25, 0.3) is 0 Å². The molecule has 5 rings (SSSR count).